The number of carbonyl (C=O) groups excluding carboxylic acids is 3. The largest absolute Gasteiger partial charge is 0.504 e. The summed E-state index contributed by atoms with van der Waals surface area (Å²) >= 11 is 0. The third-order valence-electron chi connectivity index (χ3n) is 4.47. The Morgan fingerprint density at radius 1 is 1.26 bits per heavy atom. The van der Waals surface area contributed by atoms with Crippen LogP contribution in [0.1, 0.15) is 18.9 Å². The zero-order chi connectivity index (χ0) is 20.0. The molecule has 8 heteroatoms. The van der Waals surface area contributed by atoms with Gasteiger partial charge in [0.15, 0.2) is 11.5 Å². The second kappa shape index (κ2) is 9.07. The van der Waals surface area contributed by atoms with Gasteiger partial charge in [0, 0.05) is 12.3 Å². The molecule has 0 unspecified atom stereocenters. The maximum atomic E-state index is 12.2. The minimum absolute atomic E-state index is 0.0465. The standard InChI is InChI=1S/C19H22O8/c1-11-14(9-20)13(15(10-27-11)19(24)25-2)8-18(23)26-6-5-12-3-4-16(21)17(22)7-12/h3-4,7,9-11,13-14,21-22H,5-6,8H2,1-2H3/t11-,13+,14-/m0/s1. The monoisotopic (exact) mass is 378 g/mol. The minimum Gasteiger partial charge on any atom is -0.504 e. The molecule has 0 saturated carbocycles. The van der Waals surface area contributed by atoms with Crippen molar-refractivity contribution in [2.45, 2.75) is 25.9 Å². The van der Waals surface area contributed by atoms with Crippen LogP contribution in [0.3, 0.4) is 0 Å². The highest BCUT2D eigenvalue weighted by atomic mass is 16.5. The highest BCUT2D eigenvalue weighted by Crippen LogP contribution is 2.33. The van der Waals surface area contributed by atoms with Gasteiger partial charge < -0.3 is 29.2 Å². The molecule has 1 aliphatic heterocycles. The van der Waals surface area contributed by atoms with Gasteiger partial charge in [0.05, 0.1) is 37.9 Å². The van der Waals surface area contributed by atoms with Crippen molar-refractivity contribution in [2.24, 2.45) is 11.8 Å². The van der Waals surface area contributed by atoms with Gasteiger partial charge in [0.25, 0.3) is 0 Å². The number of benzene rings is 1. The van der Waals surface area contributed by atoms with Crippen molar-refractivity contribution < 1.29 is 38.8 Å². The molecule has 0 amide bonds. The van der Waals surface area contributed by atoms with E-state index in [4.69, 9.17) is 14.2 Å². The molecule has 2 N–H and O–H groups in total. The van der Waals surface area contributed by atoms with E-state index in [9.17, 15) is 24.6 Å². The van der Waals surface area contributed by atoms with Gasteiger partial charge in [-0.15, -0.1) is 0 Å². The van der Waals surface area contributed by atoms with E-state index >= 15 is 0 Å². The Morgan fingerprint density at radius 3 is 2.63 bits per heavy atom. The molecule has 1 heterocycles. The second-order valence-electron chi connectivity index (χ2n) is 6.22. The molecule has 1 aromatic rings. The van der Waals surface area contributed by atoms with Crippen molar-refractivity contribution in [3.63, 3.8) is 0 Å². The first-order valence-electron chi connectivity index (χ1n) is 8.43. The Labute approximate surface area is 156 Å². The molecule has 0 fully saturated rings. The van der Waals surface area contributed by atoms with Gasteiger partial charge >= 0.3 is 11.9 Å². The summed E-state index contributed by atoms with van der Waals surface area (Å²) in [5.74, 6) is -3.08. The van der Waals surface area contributed by atoms with Gasteiger partial charge in [-0.05, 0) is 24.6 Å². The molecule has 146 valence electrons. The zero-order valence-corrected chi connectivity index (χ0v) is 15.1. The topological polar surface area (TPSA) is 119 Å². The van der Waals surface area contributed by atoms with Crippen LogP contribution in [0.2, 0.25) is 0 Å². The van der Waals surface area contributed by atoms with Crippen LogP contribution in [0, 0.1) is 11.8 Å². The summed E-state index contributed by atoms with van der Waals surface area (Å²) in [7, 11) is 1.21. The molecule has 0 aliphatic carbocycles. The molecular weight excluding hydrogens is 356 g/mol. The number of ether oxygens (including phenoxy) is 3. The number of esters is 2. The van der Waals surface area contributed by atoms with E-state index in [1.54, 1.807) is 13.0 Å². The smallest absolute Gasteiger partial charge is 0.337 e. The van der Waals surface area contributed by atoms with Crippen molar-refractivity contribution in [3.05, 3.63) is 35.6 Å². The van der Waals surface area contributed by atoms with Crippen LogP contribution in [0.5, 0.6) is 11.5 Å². The van der Waals surface area contributed by atoms with Gasteiger partial charge in [0.1, 0.15) is 12.4 Å². The predicted octanol–water partition coefficient (Wildman–Crippen LogP) is 1.48. The maximum absolute atomic E-state index is 12.2. The number of methoxy groups -OCH3 is 1. The lowest BCUT2D eigenvalue weighted by atomic mass is 9.80. The number of aldehydes is 1. The molecule has 2 rings (SSSR count). The summed E-state index contributed by atoms with van der Waals surface area (Å²) in [5, 5.41) is 18.7. The van der Waals surface area contributed by atoms with Gasteiger partial charge in [0.2, 0.25) is 0 Å². The third kappa shape index (κ3) is 4.99. The summed E-state index contributed by atoms with van der Waals surface area (Å²) in [4.78, 5) is 35.5. The summed E-state index contributed by atoms with van der Waals surface area (Å²) in [6.45, 7) is 1.73. The second-order valence-corrected chi connectivity index (χ2v) is 6.22. The van der Waals surface area contributed by atoms with Crippen LogP contribution in [0.4, 0.5) is 0 Å². The highest BCUT2D eigenvalue weighted by Gasteiger charge is 2.39. The fourth-order valence-corrected chi connectivity index (χ4v) is 2.91. The summed E-state index contributed by atoms with van der Waals surface area (Å²) in [6.07, 6.45) is 1.58. The Balaban J connectivity index is 1.97. The SMILES string of the molecule is COC(=O)C1=CO[C@@H](C)[C@H](C=O)[C@H]1CC(=O)OCCc1ccc(O)c(O)c1. The van der Waals surface area contributed by atoms with Crippen molar-refractivity contribution in [1.29, 1.82) is 0 Å². The first-order valence-corrected chi connectivity index (χ1v) is 8.43. The van der Waals surface area contributed by atoms with E-state index in [0.717, 1.165) is 0 Å². The summed E-state index contributed by atoms with van der Waals surface area (Å²) < 4.78 is 15.2. The molecule has 0 saturated heterocycles. The van der Waals surface area contributed by atoms with Crippen molar-refractivity contribution in [1.82, 2.24) is 0 Å². The van der Waals surface area contributed by atoms with Crippen LogP contribution in [0.15, 0.2) is 30.0 Å². The molecule has 3 atom stereocenters. The molecule has 8 nitrogen and oxygen atoms in total. The first-order chi connectivity index (χ1) is 12.9. The number of phenolic OH excluding ortho intramolecular Hbond substituents is 2. The van der Waals surface area contributed by atoms with Crippen molar-refractivity contribution >= 4 is 18.2 Å². The number of phenols is 2. The van der Waals surface area contributed by atoms with Crippen LogP contribution in [-0.2, 0) is 35.0 Å². The lowest BCUT2D eigenvalue weighted by Crippen LogP contribution is -2.37. The van der Waals surface area contributed by atoms with Crippen molar-refractivity contribution in [2.75, 3.05) is 13.7 Å². The normalized spacial score (nSPS) is 21.6. The molecule has 0 spiro atoms. The average molecular weight is 378 g/mol. The van der Waals surface area contributed by atoms with Crippen LogP contribution >= 0.6 is 0 Å². The van der Waals surface area contributed by atoms with E-state index in [2.05, 4.69) is 0 Å². The van der Waals surface area contributed by atoms with Crippen molar-refractivity contribution in [3.8, 4) is 11.5 Å². The first kappa shape index (κ1) is 20.3. The molecule has 0 aromatic heterocycles. The van der Waals surface area contributed by atoms with E-state index in [-0.39, 0.29) is 30.1 Å². The number of aromatic hydroxyl groups is 2. The zero-order valence-electron chi connectivity index (χ0n) is 15.1. The number of hydrogen-bond acceptors (Lipinski definition) is 8. The fraction of sp³-hybridized carbons (Fsp3) is 0.421. The Morgan fingerprint density at radius 2 is 2.00 bits per heavy atom. The van der Waals surface area contributed by atoms with Crippen LogP contribution < -0.4 is 0 Å². The molecule has 27 heavy (non-hydrogen) atoms. The van der Waals surface area contributed by atoms with Gasteiger partial charge in [-0.3, -0.25) is 4.79 Å². The molecule has 0 radical (unpaired) electrons. The number of rotatable bonds is 7. The maximum Gasteiger partial charge on any atom is 0.337 e. The quantitative estimate of drug-likeness (QED) is 0.416. The molecule has 1 aromatic carbocycles. The Hall–Kier alpha value is -3.03. The van der Waals surface area contributed by atoms with Crippen LogP contribution in [-0.4, -0.2) is 48.3 Å². The summed E-state index contributed by atoms with van der Waals surface area (Å²) in [5.41, 5.74) is 0.798. The van der Waals surface area contributed by atoms with E-state index in [1.165, 1.54) is 25.5 Å². The summed E-state index contributed by atoms with van der Waals surface area (Å²) in [6, 6.07) is 4.32. The number of carbonyl (C=O) groups is 3. The number of hydrogen-bond donors (Lipinski definition) is 2. The third-order valence-corrected chi connectivity index (χ3v) is 4.47. The molecule has 1 aliphatic rings. The minimum atomic E-state index is -0.691. The van der Waals surface area contributed by atoms with E-state index < -0.39 is 29.9 Å². The highest BCUT2D eigenvalue weighted by molar-refractivity contribution is 5.90. The van der Waals surface area contributed by atoms with E-state index in [0.29, 0.717) is 18.3 Å². The molecule has 0 bridgehead atoms. The van der Waals surface area contributed by atoms with Gasteiger partial charge in [-0.1, -0.05) is 6.07 Å². The van der Waals surface area contributed by atoms with E-state index in [1.807, 2.05) is 0 Å². The lowest BCUT2D eigenvalue weighted by Gasteiger charge is -2.32. The predicted molar refractivity (Wildman–Crippen MR) is 92.7 cm³/mol. The Kier molecular flexibility index (Phi) is 6.81. The van der Waals surface area contributed by atoms with Crippen LogP contribution in [0.25, 0.3) is 0 Å². The molecular formula is C19H22O8. The lowest BCUT2D eigenvalue weighted by molar-refractivity contribution is -0.146. The van der Waals surface area contributed by atoms with Gasteiger partial charge in [-0.25, -0.2) is 4.79 Å². The Bertz CT molecular complexity index is 739. The van der Waals surface area contributed by atoms with Gasteiger partial charge in [-0.2, -0.15) is 0 Å². The average Bonchev–Trinajstić information content (AvgIpc) is 2.64. The fourth-order valence-electron chi connectivity index (χ4n) is 2.91.